The van der Waals surface area contributed by atoms with Crippen LogP contribution in [0.1, 0.15) is 22.3 Å². The summed E-state index contributed by atoms with van der Waals surface area (Å²) in [5.41, 5.74) is 11.6. The zero-order valence-electron chi connectivity index (χ0n) is 35.6. The highest BCUT2D eigenvalue weighted by atomic mass is 32.1. The fourth-order valence-corrected chi connectivity index (χ4v) is 17.6. The topological polar surface area (TPSA) is 6.48 Å². The number of rotatable bonds is 6. The Morgan fingerprint density at radius 2 is 0.754 bits per heavy atom. The van der Waals surface area contributed by atoms with E-state index in [1.165, 1.54) is 85.9 Å². The molecule has 0 bridgehead atoms. The zero-order valence-corrected chi connectivity index (χ0v) is 37.4. The van der Waals surface area contributed by atoms with E-state index in [-0.39, 0.29) is 0 Å². The molecule has 0 N–H and O–H groups in total. The van der Waals surface area contributed by atoms with Gasteiger partial charge in [-0.15, -0.1) is 11.3 Å². The first-order valence-corrected chi connectivity index (χ1v) is 25.2. The third kappa shape index (κ3) is 5.45. The summed E-state index contributed by atoms with van der Waals surface area (Å²) in [7, 11) is -2.73. The number of hydrogen-bond acceptors (Lipinski definition) is 3. The average Bonchev–Trinajstić information content (AvgIpc) is 3.75. The van der Waals surface area contributed by atoms with Gasteiger partial charge in [0.2, 0.25) is 0 Å². The van der Waals surface area contributed by atoms with Crippen molar-refractivity contribution in [3.8, 4) is 0 Å². The number of benzene rings is 10. The first-order valence-electron chi connectivity index (χ1n) is 22.4. The summed E-state index contributed by atoms with van der Waals surface area (Å²) in [5, 5.41) is 8.13. The van der Waals surface area contributed by atoms with Gasteiger partial charge in [-0.2, -0.15) is 0 Å². The van der Waals surface area contributed by atoms with Gasteiger partial charge in [-0.1, -0.05) is 188 Å². The summed E-state index contributed by atoms with van der Waals surface area (Å²) >= 11 is 1.88. The van der Waals surface area contributed by atoms with E-state index < -0.39 is 13.5 Å². The van der Waals surface area contributed by atoms with Crippen LogP contribution in [0.3, 0.4) is 0 Å². The largest absolute Gasteiger partial charge is 0.311 e. The Bertz CT molecular complexity index is 3430. The SMILES string of the molecule is c1ccc(N2c3ccccc3C(c3ccccc3)(c3ccc4sc5ccc(N6c7ccccc7[Si](c7ccccc7)(c7ccccc7)c7ccccc76)cc5c4c3)c3ccccc32)cc1. The third-order valence-corrected chi connectivity index (χ3v) is 20.0. The van der Waals surface area contributed by atoms with Gasteiger partial charge in [0.1, 0.15) is 0 Å². The summed E-state index contributed by atoms with van der Waals surface area (Å²) in [6.07, 6.45) is 0. The summed E-state index contributed by atoms with van der Waals surface area (Å²) in [4.78, 5) is 4.98. The second-order valence-electron chi connectivity index (χ2n) is 17.2. The average molecular weight is 863 g/mol. The molecule has 65 heavy (non-hydrogen) atoms. The van der Waals surface area contributed by atoms with Gasteiger partial charge in [-0.25, -0.2) is 0 Å². The normalized spacial score (nSPS) is 14.3. The molecule has 2 nitrogen and oxygen atoms in total. The zero-order chi connectivity index (χ0) is 43.0. The van der Waals surface area contributed by atoms with Gasteiger partial charge in [-0.3, -0.25) is 0 Å². The highest BCUT2D eigenvalue weighted by molar-refractivity contribution is 7.25. The van der Waals surface area contributed by atoms with Crippen molar-refractivity contribution in [1.29, 1.82) is 0 Å². The predicted molar refractivity (Wildman–Crippen MR) is 278 cm³/mol. The van der Waals surface area contributed by atoms with Crippen LogP contribution in [-0.2, 0) is 5.41 Å². The lowest BCUT2D eigenvalue weighted by atomic mass is 9.62. The van der Waals surface area contributed by atoms with Gasteiger partial charge < -0.3 is 9.80 Å². The molecule has 1 aromatic heterocycles. The highest BCUT2D eigenvalue weighted by Gasteiger charge is 2.49. The fraction of sp³-hybridized carbons (Fsp3) is 0.0164. The van der Waals surface area contributed by atoms with Crippen molar-refractivity contribution in [3.63, 3.8) is 0 Å². The van der Waals surface area contributed by atoms with E-state index in [4.69, 9.17) is 0 Å². The van der Waals surface area contributed by atoms with Gasteiger partial charge >= 0.3 is 0 Å². The molecule has 2 aliphatic heterocycles. The van der Waals surface area contributed by atoms with Gasteiger partial charge in [-0.05, 0) is 110 Å². The number of thiophene rings is 1. The van der Waals surface area contributed by atoms with E-state index in [0.29, 0.717) is 0 Å². The number of nitrogens with zero attached hydrogens (tertiary/aromatic N) is 2. The molecular formula is C61H42N2SSi. The third-order valence-electron chi connectivity index (χ3n) is 14.0. The Kier molecular flexibility index (Phi) is 8.67. The second kappa shape index (κ2) is 14.9. The summed E-state index contributed by atoms with van der Waals surface area (Å²) in [6.45, 7) is 0. The van der Waals surface area contributed by atoms with Crippen LogP contribution in [0.4, 0.5) is 34.1 Å². The van der Waals surface area contributed by atoms with Crippen LogP contribution in [0.25, 0.3) is 20.2 Å². The minimum Gasteiger partial charge on any atom is -0.311 e. The molecule has 306 valence electrons. The van der Waals surface area contributed by atoms with Crippen molar-refractivity contribution in [2.75, 3.05) is 9.80 Å². The van der Waals surface area contributed by atoms with Crippen LogP contribution in [0.15, 0.2) is 255 Å². The lowest BCUT2D eigenvalue weighted by Crippen LogP contribution is -2.77. The van der Waals surface area contributed by atoms with E-state index in [2.05, 4.69) is 265 Å². The van der Waals surface area contributed by atoms with E-state index in [0.717, 1.165) is 11.4 Å². The highest BCUT2D eigenvalue weighted by Crippen LogP contribution is 2.58. The Labute approximate surface area is 384 Å². The standard InChI is InChI=1S/C61H42N2SSi/c1-5-21-43(22-6-1)61(51-29-13-15-31-53(51)62(45-23-7-2-8-24-45)54-32-16-14-30-52(54)61)44-37-39-57-49(41-44)50-42-46(38-40-58(50)64-57)63-55-33-17-19-35-59(55)65(47-25-9-3-10-26-47,48-27-11-4-12-28-48)60-36-20-18-34-56(60)63/h1-42H. The van der Waals surface area contributed by atoms with Crippen LogP contribution in [-0.4, -0.2) is 8.07 Å². The molecule has 2 aliphatic rings. The number of hydrogen-bond donors (Lipinski definition) is 0. The molecule has 4 heteroatoms. The van der Waals surface area contributed by atoms with E-state index in [1.807, 2.05) is 11.3 Å². The van der Waals surface area contributed by atoms with Crippen LogP contribution < -0.4 is 30.5 Å². The van der Waals surface area contributed by atoms with Crippen molar-refractivity contribution in [2.24, 2.45) is 0 Å². The molecule has 10 aromatic carbocycles. The minimum atomic E-state index is -2.73. The van der Waals surface area contributed by atoms with Crippen molar-refractivity contribution >= 4 is 94.5 Å². The Balaban J connectivity index is 1.05. The van der Waals surface area contributed by atoms with Crippen LogP contribution in [0, 0.1) is 0 Å². The smallest absolute Gasteiger partial charge is 0.184 e. The molecule has 0 aliphatic carbocycles. The van der Waals surface area contributed by atoms with Crippen molar-refractivity contribution in [2.45, 2.75) is 5.41 Å². The van der Waals surface area contributed by atoms with Crippen molar-refractivity contribution < 1.29 is 0 Å². The first-order chi connectivity index (χ1) is 32.3. The van der Waals surface area contributed by atoms with Gasteiger partial charge in [0.05, 0.1) is 16.8 Å². The van der Waals surface area contributed by atoms with E-state index >= 15 is 0 Å². The fourth-order valence-electron chi connectivity index (χ4n) is 11.4. The Morgan fingerprint density at radius 3 is 1.32 bits per heavy atom. The molecule has 0 amide bonds. The number of fused-ring (bicyclic) bond motifs is 7. The van der Waals surface area contributed by atoms with Crippen molar-refractivity contribution in [3.05, 3.63) is 277 Å². The quantitative estimate of drug-likeness (QED) is 0.154. The Hall–Kier alpha value is -7.76. The maximum absolute atomic E-state index is 2.73. The lowest BCUT2D eigenvalue weighted by Gasteiger charge is -2.46. The van der Waals surface area contributed by atoms with Crippen LogP contribution >= 0.6 is 11.3 Å². The predicted octanol–water partition coefficient (Wildman–Crippen LogP) is 13.4. The molecule has 13 rings (SSSR count). The molecule has 0 spiro atoms. The molecular weight excluding hydrogens is 821 g/mol. The molecule has 11 aromatic rings. The molecule has 0 saturated heterocycles. The van der Waals surface area contributed by atoms with Crippen molar-refractivity contribution in [1.82, 2.24) is 0 Å². The van der Waals surface area contributed by atoms with Gasteiger partial charge in [0.15, 0.2) is 8.07 Å². The summed E-state index contributed by atoms with van der Waals surface area (Å²) < 4.78 is 2.57. The van der Waals surface area contributed by atoms with E-state index in [1.54, 1.807) is 0 Å². The minimum absolute atomic E-state index is 0.590. The molecule has 0 atom stereocenters. The number of para-hydroxylation sites is 5. The second-order valence-corrected chi connectivity index (χ2v) is 22.0. The maximum Gasteiger partial charge on any atom is 0.184 e. The molecule has 0 fully saturated rings. The Morgan fingerprint density at radius 1 is 0.323 bits per heavy atom. The molecule has 0 radical (unpaired) electrons. The van der Waals surface area contributed by atoms with Crippen LogP contribution in [0.2, 0.25) is 0 Å². The van der Waals surface area contributed by atoms with E-state index in [9.17, 15) is 0 Å². The monoisotopic (exact) mass is 862 g/mol. The summed E-state index contributed by atoms with van der Waals surface area (Å²) in [6, 6.07) is 95.3. The lowest BCUT2D eigenvalue weighted by molar-refractivity contribution is 0.732. The molecule has 0 saturated carbocycles. The van der Waals surface area contributed by atoms with Crippen LogP contribution in [0.5, 0.6) is 0 Å². The first kappa shape index (κ1) is 37.8. The van der Waals surface area contributed by atoms with Gasteiger partial charge in [0, 0.05) is 42.9 Å². The molecule has 3 heterocycles. The number of anilines is 6. The summed E-state index contributed by atoms with van der Waals surface area (Å²) in [5.74, 6) is 0. The maximum atomic E-state index is 2.53. The molecule has 0 unspecified atom stereocenters. The van der Waals surface area contributed by atoms with Gasteiger partial charge in [0.25, 0.3) is 0 Å².